The number of aryl methyl sites for hydroxylation is 2. The highest BCUT2D eigenvalue weighted by molar-refractivity contribution is 5.91. The molecule has 2 heterocycles. The summed E-state index contributed by atoms with van der Waals surface area (Å²) in [6.07, 6.45) is 1.86. The first kappa shape index (κ1) is 13.4. The first-order chi connectivity index (χ1) is 9.10. The molecule has 2 rings (SSSR count). The van der Waals surface area contributed by atoms with Crippen molar-refractivity contribution in [3.63, 3.8) is 0 Å². The summed E-state index contributed by atoms with van der Waals surface area (Å²) in [5, 5.41) is 6.98. The van der Waals surface area contributed by atoms with Gasteiger partial charge in [-0.2, -0.15) is 5.10 Å². The zero-order valence-corrected chi connectivity index (χ0v) is 11.6. The van der Waals surface area contributed by atoms with E-state index in [-0.39, 0.29) is 5.91 Å². The molecular formula is C14H19N3O2. The molecule has 0 atom stereocenters. The monoisotopic (exact) mass is 261 g/mol. The normalized spacial score (nSPS) is 10.7. The van der Waals surface area contributed by atoms with Crippen molar-refractivity contribution in [2.24, 2.45) is 0 Å². The van der Waals surface area contributed by atoms with Gasteiger partial charge in [0.15, 0.2) is 5.76 Å². The summed E-state index contributed by atoms with van der Waals surface area (Å²) in [5.41, 5.74) is 1.83. The Kier molecular flexibility index (Phi) is 4.04. The molecule has 5 nitrogen and oxygen atoms in total. The van der Waals surface area contributed by atoms with Crippen LogP contribution in [0.1, 0.15) is 41.0 Å². The average Bonchev–Trinajstić information content (AvgIpc) is 2.98. The lowest BCUT2D eigenvalue weighted by atomic mass is 10.3. The topological polar surface area (TPSA) is 62.1 Å². The Bertz CT molecular complexity index is 557. The lowest BCUT2D eigenvalue weighted by molar-refractivity contribution is 0.0750. The Labute approximate surface area is 112 Å². The minimum atomic E-state index is -0.122. The zero-order chi connectivity index (χ0) is 13.8. The number of H-pyrrole nitrogens is 1. The molecule has 0 unspecified atom stereocenters. The Morgan fingerprint density at radius 1 is 1.47 bits per heavy atom. The van der Waals surface area contributed by atoms with Gasteiger partial charge < -0.3 is 9.32 Å². The van der Waals surface area contributed by atoms with Crippen LogP contribution in [0.5, 0.6) is 0 Å². The van der Waals surface area contributed by atoms with Gasteiger partial charge in [0.25, 0.3) is 5.91 Å². The van der Waals surface area contributed by atoms with Crippen molar-refractivity contribution in [3.05, 3.63) is 41.1 Å². The number of aromatic nitrogens is 2. The van der Waals surface area contributed by atoms with Crippen molar-refractivity contribution >= 4 is 5.91 Å². The molecule has 0 fully saturated rings. The predicted octanol–water partition coefficient (Wildman–Crippen LogP) is 2.54. The quantitative estimate of drug-likeness (QED) is 0.899. The van der Waals surface area contributed by atoms with Crippen LogP contribution in [0, 0.1) is 6.92 Å². The second kappa shape index (κ2) is 5.73. The van der Waals surface area contributed by atoms with Gasteiger partial charge in [-0.05, 0) is 31.5 Å². The minimum Gasteiger partial charge on any atom is -0.456 e. The molecule has 19 heavy (non-hydrogen) atoms. The smallest absolute Gasteiger partial charge is 0.289 e. The number of nitrogens with one attached hydrogen (secondary N) is 1. The van der Waals surface area contributed by atoms with Crippen LogP contribution in [0.3, 0.4) is 0 Å². The van der Waals surface area contributed by atoms with E-state index >= 15 is 0 Å². The van der Waals surface area contributed by atoms with Gasteiger partial charge in [0.05, 0.1) is 12.2 Å². The summed E-state index contributed by atoms with van der Waals surface area (Å²) in [4.78, 5) is 13.8. The van der Waals surface area contributed by atoms with E-state index in [1.807, 2.05) is 19.1 Å². The van der Waals surface area contributed by atoms with Gasteiger partial charge in [-0.25, -0.2) is 0 Å². The van der Waals surface area contributed by atoms with E-state index in [1.165, 1.54) is 0 Å². The molecule has 0 saturated carbocycles. The average molecular weight is 261 g/mol. The van der Waals surface area contributed by atoms with Crippen molar-refractivity contribution in [2.45, 2.75) is 33.2 Å². The highest BCUT2D eigenvalue weighted by Gasteiger charge is 2.16. The van der Waals surface area contributed by atoms with Crippen LogP contribution >= 0.6 is 0 Å². The van der Waals surface area contributed by atoms with Crippen LogP contribution in [0.4, 0.5) is 0 Å². The number of carbonyl (C=O) groups excluding carboxylic acids is 1. The van der Waals surface area contributed by atoms with E-state index in [4.69, 9.17) is 4.42 Å². The summed E-state index contributed by atoms with van der Waals surface area (Å²) < 4.78 is 5.53. The van der Waals surface area contributed by atoms with Crippen molar-refractivity contribution in [2.75, 3.05) is 7.05 Å². The van der Waals surface area contributed by atoms with Gasteiger partial charge in [-0.3, -0.25) is 9.89 Å². The van der Waals surface area contributed by atoms with Gasteiger partial charge in [-0.1, -0.05) is 6.92 Å². The van der Waals surface area contributed by atoms with Crippen LogP contribution in [0.15, 0.2) is 22.6 Å². The van der Waals surface area contributed by atoms with Crippen LogP contribution in [-0.4, -0.2) is 28.1 Å². The van der Waals surface area contributed by atoms with Gasteiger partial charge >= 0.3 is 0 Å². The third kappa shape index (κ3) is 3.24. The van der Waals surface area contributed by atoms with Crippen molar-refractivity contribution in [1.29, 1.82) is 0 Å². The second-order valence-electron chi connectivity index (χ2n) is 4.72. The predicted molar refractivity (Wildman–Crippen MR) is 71.8 cm³/mol. The summed E-state index contributed by atoms with van der Waals surface area (Å²) >= 11 is 0. The Hall–Kier alpha value is -2.04. The van der Waals surface area contributed by atoms with E-state index in [0.29, 0.717) is 12.3 Å². The van der Waals surface area contributed by atoms with E-state index in [0.717, 1.165) is 30.0 Å². The molecule has 0 spiro atoms. The highest BCUT2D eigenvalue weighted by Crippen LogP contribution is 2.13. The SMILES string of the molecule is CCCc1ccc(C(=O)N(C)Cc2cc(C)[nH]n2)o1. The number of hydrogen-bond donors (Lipinski definition) is 1. The van der Waals surface area contributed by atoms with Gasteiger partial charge in [-0.15, -0.1) is 0 Å². The zero-order valence-electron chi connectivity index (χ0n) is 11.6. The number of nitrogens with zero attached hydrogens (tertiary/aromatic N) is 2. The summed E-state index contributed by atoms with van der Waals surface area (Å²) in [6.45, 7) is 4.48. The highest BCUT2D eigenvalue weighted by atomic mass is 16.4. The summed E-state index contributed by atoms with van der Waals surface area (Å²) in [7, 11) is 1.74. The fourth-order valence-corrected chi connectivity index (χ4v) is 1.93. The third-order valence-electron chi connectivity index (χ3n) is 2.87. The summed E-state index contributed by atoms with van der Waals surface area (Å²) in [5.74, 6) is 1.12. The maximum atomic E-state index is 12.2. The Balaban J connectivity index is 2.01. The molecule has 0 aliphatic rings. The molecular weight excluding hydrogens is 242 g/mol. The first-order valence-corrected chi connectivity index (χ1v) is 6.45. The molecule has 0 bridgehead atoms. The standard InChI is InChI=1S/C14H19N3O2/c1-4-5-12-6-7-13(19-12)14(18)17(3)9-11-8-10(2)15-16-11/h6-8H,4-5,9H2,1-3H3,(H,15,16). The number of carbonyl (C=O) groups is 1. The molecule has 0 aliphatic carbocycles. The van der Waals surface area contributed by atoms with Crippen LogP contribution in [-0.2, 0) is 13.0 Å². The number of aromatic amines is 1. The number of furan rings is 1. The van der Waals surface area contributed by atoms with E-state index in [9.17, 15) is 4.79 Å². The number of rotatable bonds is 5. The number of amides is 1. The largest absolute Gasteiger partial charge is 0.456 e. The van der Waals surface area contributed by atoms with Gasteiger partial charge in [0, 0.05) is 19.2 Å². The first-order valence-electron chi connectivity index (χ1n) is 6.45. The van der Waals surface area contributed by atoms with Gasteiger partial charge in [0.2, 0.25) is 0 Å². The van der Waals surface area contributed by atoms with Crippen molar-refractivity contribution in [1.82, 2.24) is 15.1 Å². The summed E-state index contributed by atoms with van der Waals surface area (Å²) in [6, 6.07) is 5.53. The van der Waals surface area contributed by atoms with Crippen molar-refractivity contribution in [3.8, 4) is 0 Å². The molecule has 5 heteroatoms. The molecule has 0 aromatic carbocycles. The maximum absolute atomic E-state index is 12.2. The van der Waals surface area contributed by atoms with Crippen LogP contribution in [0.2, 0.25) is 0 Å². The molecule has 0 saturated heterocycles. The lowest BCUT2D eigenvalue weighted by Gasteiger charge is -2.13. The van der Waals surface area contributed by atoms with E-state index in [1.54, 1.807) is 18.0 Å². The molecule has 2 aromatic rings. The fraction of sp³-hybridized carbons (Fsp3) is 0.429. The molecule has 0 aliphatic heterocycles. The maximum Gasteiger partial charge on any atom is 0.289 e. The third-order valence-corrected chi connectivity index (χ3v) is 2.87. The second-order valence-corrected chi connectivity index (χ2v) is 4.72. The van der Waals surface area contributed by atoms with E-state index in [2.05, 4.69) is 17.1 Å². The fourth-order valence-electron chi connectivity index (χ4n) is 1.93. The minimum absolute atomic E-state index is 0.122. The van der Waals surface area contributed by atoms with Crippen molar-refractivity contribution < 1.29 is 9.21 Å². The Morgan fingerprint density at radius 2 is 2.26 bits per heavy atom. The molecule has 1 amide bonds. The van der Waals surface area contributed by atoms with Crippen LogP contribution < -0.4 is 0 Å². The molecule has 0 radical (unpaired) electrons. The van der Waals surface area contributed by atoms with E-state index < -0.39 is 0 Å². The van der Waals surface area contributed by atoms with Crippen LogP contribution in [0.25, 0.3) is 0 Å². The van der Waals surface area contributed by atoms with Gasteiger partial charge in [0.1, 0.15) is 5.76 Å². The molecule has 2 aromatic heterocycles. The lowest BCUT2D eigenvalue weighted by Crippen LogP contribution is -2.25. The molecule has 102 valence electrons. The molecule has 1 N–H and O–H groups in total. The number of hydrogen-bond acceptors (Lipinski definition) is 3. The Morgan fingerprint density at radius 3 is 2.89 bits per heavy atom.